The molecule has 6 heteroatoms. The van der Waals surface area contributed by atoms with E-state index >= 15 is 0 Å². The molecule has 0 aliphatic heterocycles. The van der Waals surface area contributed by atoms with Gasteiger partial charge in [0.15, 0.2) is 0 Å². The Labute approximate surface area is 120 Å². The summed E-state index contributed by atoms with van der Waals surface area (Å²) in [6, 6.07) is 6.36. The number of aromatic carboxylic acids is 1. The van der Waals surface area contributed by atoms with Crippen LogP contribution in [0.1, 0.15) is 15.2 Å². The van der Waals surface area contributed by atoms with Crippen molar-refractivity contribution in [2.24, 2.45) is 0 Å². The first-order chi connectivity index (χ1) is 8.54. The zero-order valence-corrected chi connectivity index (χ0v) is 12.2. The predicted molar refractivity (Wildman–Crippen MR) is 74.9 cm³/mol. The molecule has 0 bridgehead atoms. The number of hydrogen-bond donors (Lipinski definition) is 1. The number of thiophene rings is 1. The maximum Gasteiger partial charge on any atom is 0.345 e. The zero-order valence-electron chi connectivity index (χ0n) is 9.02. The van der Waals surface area contributed by atoms with Crippen LogP contribution in [0.2, 0.25) is 0 Å². The second-order valence-corrected chi connectivity index (χ2v) is 6.39. The van der Waals surface area contributed by atoms with E-state index in [1.165, 1.54) is 35.2 Å². The number of carboxylic acids is 1. The molecule has 0 atom stereocenters. The molecule has 94 valence electrons. The lowest BCUT2D eigenvalue weighted by Gasteiger charge is -2.01. The quantitative estimate of drug-likeness (QED) is 0.819. The Morgan fingerprint density at radius 2 is 2.17 bits per heavy atom. The SMILES string of the molecule is O=C(O)c1cc(SCc2cc(F)cc(Br)c2)cs1. The molecule has 1 heterocycles. The predicted octanol–water partition coefficient (Wildman–Crippen LogP) is 4.64. The molecule has 0 saturated carbocycles. The lowest BCUT2D eigenvalue weighted by molar-refractivity contribution is 0.0702. The maximum absolute atomic E-state index is 13.1. The van der Waals surface area contributed by atoms with Gasteiger partial charge in [-0.25, -0.2) is 9.18 Å². The van der Waals surface area contributed by atoms with Crippen LogP contribution in [-0.4, -0.2) is 11.1 Å². The number of hydrogen-bond acceptors (Lipinski definition) is 3. The normalized spacial score (nSPS) is 10.6. The van der Waals surface area contributed by atoms with Gasteiger partial charge in [-0.15, -0.1) is 23.1 Å². The van der Waals surface area contributed by atoms with Crippen LogP contribution in [0.15, 0.2) is 39.0 Å². The van der Waals surface area contributed by atoms with Crippen molar-refractivity contribution in [3.63, 3.8) is 0 Å². The Hall–Kier alpha value is -0.850. The lowest BCUT2D eigenvalue weighted by Crippen LogP contribution is -1.89. The summed E-state index contributed by atoms with van der Waals surface area (Å²) in [5, 5.41) is 10.6. The van der Waals surface area contributed by atoms with Gasteiger partial charge in [0.1, 0.15) is 10.7 Å². The molecule has 2 nitrogen and oxygen atoms in total. The van der Waals surface area contributed by atoms with Crippen molar-refractivity contribution in [3.8, 4) is 0 Å². The van der Waals surface area contributed by atoms with Gasteiger partial charge in [-0.3, -0.25) is 0 Å². The van der Waals surface area contributed by atoms with Gasteiger partial charge in [-0.2, -0.15) is 0 Å². The zero-order chi connectivity index (χ0) is 13.1. The molecule has 2 aromatic rings. The summed E-state index contributed by atoms with van der Waals surface area (Å²) in [5.41, 5.74) is 0.856. The summed E-state index contributed by atoms with van der Waals surface area (Å²) in [4.78, 5) is 11.9. The maximum atomic E-state index is 13.1. The summed E-state index contributed by atoms with van der Waals surface area (Å²) in [6.45, 7) is 0. The third-order valence-electron chi connectivity index (χ3n) is 2.11. The summed E-state index contributed by atoms with van der Waals surface area (Å²) in [5.74, 6) is -0.594. The van der Waals surface area contributed by atoms with Crippen LogP contribution in [0, 0.1) is 5.82 Å². The van der Waals surface area contributed by atoms with Crippen LogP contribution in [0.4, 0.5) is 4.39 Å². The monoisotopic (exact) mass is 346 g/mol. The highest BCUT2D eigenvalue weighted by Crippen LogP contribution is 2.28. The van der Waals surface area contributed by atoms with Crippen LogP contribution in [-0.2, 0) is 5.75 Å². The Morgan fingerprint density at radius 1 is 1.39 bits per heavy atom. The van der Waals surface area contributed by atoms with Crippen LogP contribution in [0.25, 0.3) is 0 Å². The molecule has 0 amide bonds. The van der Waals surface area contributed by atoms with Gasteiger partial charge in [-0.1, -0.05) is 15.9 Å². The van der Waals surface area contributed by atoms with Gasteiger partial charge in [0.25, 0.3) is 0 Å². The van der Waals surface area contributed by atoms with E-state index in [9.17, 15) is 9.18 Å². The van der Waals surface area contributed by atoms with Gasteiger partial charge >= 0.3 is 5.97 Å². The Morgan fingerprint density at radius 3 is 2.78 bits per heavy atom. The largest absolute Gasteiger partial charge is 0.477 e. The van der Waals surface area contributed by atoms with E-state index in [2.05, 4.69) is 15.9 Å². The highest BCUT2D eigenvalue weighted by molar-refractivity contribution is 9.10. The molecule has 1 N–H and O–H groups in total. The Kier molecular flexibility index (Phi) is 4.42. The fraction of sp³-hybridized carbons (Fsp3) is 0.0833. The third kappa shape index (κ3) is 3.57. The van der Waals surface area contributed by atoms with Gasteiger partial charge in [-0.05, 0) is 29.8 Å². The smallest absolute Gasteiger partial charge is 0.345 e. The van der Waals surface area contributed by atoms with E-state index in [1.807, 2.05) is 6.07 Å². The third-order valence-corrected chi connectivity index (χ3v) is 4.69. The van der Waals surface area contributed by atoms with Crippen LogP contribution < -0.4 is 0 Å². The average Bonchev–Trinajstić information content (AvgIpc) is 2.73. The molecule has 2 rings (SSSR count). The lowest BCUT2D eigenvalue weighted by atomic mass is 10.2. The first kappa shape index (κ1) is 13.6. The molecule has 0 aliphatic carbocycles. The molecule has 0 radical (unpaired) electrons. The summed E-state index contributed by atoms with van der Waals surface area (Å²) >= 11 is 5.92. The van der Waals surface area contributed by atoms with Crippen molar-refractivity contribution >= 4 is 45.0 Å². The van der Waals surface area contributed by atoms with Crippen LogP contribution in [0.3, 0.4) is 0 Å². The van der Waals surface area contributed by atoms with Crippen molar-refractivity contribution in [3.05, 3.63) is 50.4 Å². The molecular weight excluding hydrogens is 339 g/mol. The van der Waals surface area contributed by atoms with Gasteiger partial charge in [0.05, 0.1) is 0 Å². The fourth-order valence-corrected chi connectivity index (χ4v) is 3.68. The minimum Gasteiger partial charge on any atom is -0.477 e. The number of rotatable bonds is 4. The van der Waals surface area contributed by atoms with Crippen molar-refractivity contribution in [1.29, 1.82) is 0 Å². The molecular formula is C12H8BrFO2S2. The van der Waals surface area contributed by atoms with Crippen LogP contribution >= 0.6 is 39.0 Å². The Bertz CT molecular complexity index is 563. The Balaban J connectivity index is 2.04. The molecule has 18 heavy (non-hydrogen) atoms. The van der Waals surface area contributed by atoms with E-state index in [0.29, 0.717) is 15.1 Å². The molecule has 0 aliphatic rings. The van der Waals surface area contributed by atoms with Gasteiger partial charge in [0, 0.05) is 20.5 Å². The van der Waals surface area contributed by atoms with Gasteiger partial charge < -0.3 is 5.11 Å². The second kappa shape index (κ2) is 5.86. The van der Waals surface area contributed by atoms with Gasteiger partial charge in [0.2, 0.25) is 0 Å². The topological polar surface area (TPSA) is 37.3 Å². The molecule has 1 aromatic carbocycles. The van der Waals surface area contributed by atoms with Crippen molar-refractivity contribution < 1.29 is 14.3 Å². The van der Waals surface area contributed by atoms with E-state index in [-0.39, 0.29) is 5.82 Å². The molecule has 0 saturated heterocycles. The summed E-state index contributed by atoms with van der Waals surface area (Å²) < 4.78 is 13.9. The molecule has 1 aromatic heterocycles. The summed E-state index contributed by atoms with van der Waals surface area (Å²) in [6.07, 6.45) is 0. The van der Waals surface area contributed by atoms with Crippen molar-refractivity contribution in [2.45, 2.75) is 10.6 Å². The van der Waals surface area contributed by atoms with Crippen molar-refractivity contribution in [1.82, 2.24) is 0 Å². The van der Waals surface area contributed by atoms with E-state index in [0.717, 1.165) is 10.5 Å². The number of halogens is 2. The standard InChI is InChI=1S/C12H8BrFO2S2/c13-8-1-7(2-9(14)3-8)5-17-10-4-11(12(15)16)18-6-10/h1-4,6H,5H2,(H,15,16). The van der Waals surface area contributed by atoms with Crippen molar-refractivity contribution in [2.75, 3.05) is 0 Å². The number of benzene rings is 1. The van der Waals surface area contributed by atoms with E-state index < -0.39 is 5.97 Å². The van der Waals surface area contributed by atoms with E-state index in [4.69, 9.17) is 5.11 Å². The minimum atomic E-state index is -0.916. The highest BCUT2D eigenvalue weighted by atomic mass is 79.9. The highest BCUT2D eigenvalue weighted by Gasteiger charge is 2.07. The molecule has 0 spiro atoms. The fourth-order valence-electron chi connectivity index (χ4n) is 1.37. The summed E-state index contributed by atoms with van der Waals surface area (Å²) in [7, 11) is 0. The number of thioether (sulfide) groups is 1. The van der Waals surface area contributed by atoms with E-state index in [1.54, 1.807) is 11.4 Å². The second-order valence-electron chi connectivity index (χ2n) is 3.52. The first-order valence-electron chi connectivity index (χ1n) is 4.94. The first-order valence-corrected chi connectivity index (χ1v) is 7.60. The number of carboxylic acid groups (broad SMARTS) is 1. The molecule has 0 fully saturated rings. The molecule has 0 unspecified atom stereocenters. The average molecular weight is 347 g/mol. The van der Waals surface area contributed by atoms with Crippen LogP contribution in [0.5, 0.6) is 0 Å². The number of carbonyl (C=O) groups is 1. The minimum absolute atomic E-state index is 0.281.